The third-order valence-corrected chi connectivity index (χ3v) is 5.24. The number of fused-ring (bicyclic) bond motifs is 1. The molecule has 1 aromatic carbocycles. The third-order valence-electron chi connectivity index (χ3n) is 4.05. The van der Waals surface area contributed by atoms with Gasteiger partial charge in [0, 0.05) is 23.4 Å². The molecule has 1 atom stereocenters. The van der Waals surface area contributed by atoms with Crippen molar-refractivity contribution in [3.63, 3.8) is 0 Å². The molecule has 3 rings (SSSR count). The third kappa shape index (κ3) is 2.68. The monoisotopic (exact) mass is 320 g/mol. The van der Waals surface area contributed by atoms with Crippen LogP contribution in [0.25, 0.3) is 0 Å². The molecular weight excluding hydrogens is 304 g/mol. The van der Waals surface area contributed by atoms with Crippen LogP contribution in [-0.4, -0.2) is 39.9 Å². The Kier molecular flexibility index (Phi) is 3.82. The lowest BCUT2D eigenvalue weighted by atomic mass is 9.97. The molecule has 7 heteroatoms. The highest BCUT2D eigenvalue weighted by Gasteiger charge is 2.43. The fourth-order valence-corrected chi connectivity index (χ4v) is 4.03. The molecule has 2 aliphatic heterocycles. The molecule has 0 bridgehead atoms. The molecule has 1 unspecified atom stereocenters. The Hall–Kier alpha value is -2.02. The SMILES string of the molecule is O=C1CCc2cc(C(=O)NC3(C(=O)O)CCSC3)ccc2N1. The molecule has 1 aromatic rings. The fraction of sp³-hybridized carbons (Fsp3) is 0.400. The van der Waals surface area contributed by atoms with E-state index < -0.39 is 11.5 Å². The summed E-state index contributed by atoms with van der Waals surface area (Å²) >= 11 is 1.53. The van der Waals surface area contributed by atoms with Crippen LogP contribution in [0.15, 0.2) is 18.2 Å². The van der Waals surface area contributed by atoms with Crippen molar-refractivity contribution in [1.82, 2.24) is 5.32 Å². The molecule has 1 fully saturated rings. The number of aryl methyl sites for hydroxylation is 1. The number of aliphatic carboxylic acids is 1. The number of carboxylic acid groups (broad SMARTS) is 1. The number of anilines is 1. The maximum Gasteiger partial charge on any atom is 0.330 e. The summed E-state index contributed by atoms with van der Waals surface area (Å²) in [7, 11) is 0. The normalized spacial score (nSPS) is 23.5. The van der Waals surface area contributed by atoms with Crippen molar-refractivity contribution in [2.75, 3.05) is 16.8 Å². The number of amides is 2. The lowest BCUT2D eigenvalue weighted by molar-refractivity contribution is -0.143. The van der Waals surface area contributed by atoms with Crippen LogP contribution < -0.4 is 10.6 Å². The molecule has 2 amide bonds. The molecule has 3 N–H and O–H groups in total. The van der Waals surface area contributed by atoms with Crippen molar-refractivity contribution >= 4 is 35.2 Å². The van der Waals surface area contributed by atoms with Gasteiger partial charge in [-0.15, -0.1) is 0 Å². The van der Waals surface area contributed by atoms with Crippen LogP contribution in [0.1, 0.15) is 28.8 Å². The Bertz CT molecular complexity index is 653. The molecule has 22 heavy (non-hydrogen) atoms. The highest BCUT2D eigenvalue weighted by molar-refractivity contribution is 7.99. The summed E-state index contributed by atoms with van der Waals surface area (Å²) in [5, 5.41) is 14.8. The predicted octanol–water partition coefficient (Wildman–Crippen LogP) is 1.26. The number of carboxylic acids is 1. The molecule has 1 saturated heterocycles. The number of carbonyl (C=O) groups is 3. The van der Waals surface area contributed by atoms with Gasteiger partial charge in [-0.1, -0.05) is 0 Å². The smallest absolute Gasteiger partial charge is 0.330 e. The molecule has 0 aliphatic carbocycles. The van der Waals surface area contributed by atoms with Crippen molar-refractivity contribution in [2.24, 2.45) is 0 Å². The first-order valence-corrected chi connectivity index (χ1v) is 8.22. The van der Waals surface area contributed by atoms with Gasteiger partial charge in [-0.05, 0) is 42.4 Å². The van der Waals surface area contributed by atoms with Crippen LogP contribution in [0.3, 0.4) is 0 Å². The maximum atomic E-state index is 12.4. The van der Waals surface area contributed by atoms with Gasteiger partial charge in [0.1, 0.15) is 5.54 Å². The lowest BCUT2D eigenvalue weighted by Crippen LogP contribution is -2.54. The summed E-state index contributed by atoms with van der Waals surface area (Å²) in [5.41, 5.74) is 0.869. The second-order valence-corrected chi connectivity index (χ2v) is 6.67. The Morgan fingerprint density at radius 2 is 2.14 bits per heavy atom. The van der Waals surface area contributed by atoms with Crippen LogP contribution in [0.4, 0.5) is 5.69 Å². The van der Waals surface area contributed by atoms with Gasteiger partial charge in [0.2, 0.25) is 5.91 Å². The first kappa shape index (κ1) is 14.9. The van der Waals surface area contributed by atoms with Crippen molar-refractivity contribution in [3.8, 4) is 0 Å². The van der Waals surface area contributed by atoms with Crippen LogP contribution in [0.2, 0.25) is 0 Å². The Labute approximate surface area is 131 Å². The molecule has 0 spiro atoms. The van der Waals surface area contributed by atoms with E-state index in [1.165, 1.54) is 11.8 Å². The first-order valence-electron chi connectivity index (χ1n) is 7.07. The largest absolute Gasteiger partial charge is 0.479 e. The van der Waals surface area contributed by atoms with E-state index in [2.05, 4.69) is 10.6 Å². The zero-order valence-electron chi connectivity index (χ0n) is 11.8. The quantitative estimate of drug-likeness (QED) is 0.779. The topological polar surface area (TPSA) is 95.5 Å². The molecule has 2 aliphatic rings. The van der Waals surface area contributed by atoms with Crippen LogP contribution >= 0.6 is 11.8 Å². The number of hydrogen-bond donors (Lipinski definition) is 3. The maximum absolute atomic E-state index is 12.4. The average Bonchev–Trinajstić information content (AvgIpc) is 2.96. The number of nitrogens with one attached hydrogen (secondary N) is 2. The van der Waals surface area contributed by atoms with Crippen LogP contribution in [0, 0.1) is 0 Å². The summed E-state index contributed by atoms with van der Waals surface area (Å²) in [6.07, 6.45) is 1.41. The predicted molar refractivity (Wildman–Crippen MR) is 83.2 cm³/mol. The number of thioether (sulfide) groups is 1. The van der Waals surface area contributed by atoms with Gasteiger partial charge in [-0.3, -0.25) is 9.59 Å². The van der Waals surface area contributed by atoms with E-state index in [1.807, 2.05) is 0 Å². The molecule has 6 nitrogen and oxygen atoms in total. The van der Waals surface area contributed by atoms with Gasteiger partial charge < -0.3 is 15.7 Å². The zero-order chi connectivity index (χ0) is 15.7. The van der Waals surface area contributed by atoms with Gasteiger partial charge in [-0.25, -0.2) is 4.79 Å². The summed E-state index contributed by atoms with van der Waals surface area (Å²) in [6, 6.07) is 5.03. The second kappa shape index (κ2) is 5.64. The Morgan fingerprint density at radius 1 is 1.32 bits per heavy atom. The minimum absolute atomic E-state index is 0.0301. The highest BCUT2D eigenvalue weighted by Crippen LogP contribution is 2.29. The minimum Gasteiger partial charge on any atom is -0.479 e. The second-order valence-electron chi connectivity index (χ2n) is 5.56. The van der Waals surface area contributed by atoms with Crippen molar-refractivity contribution in [1.29, 1.82) is 0 Å². The highest BCUT2D eigenvalue weighted by atomic mass is 32.2. The van der Waals surface area contributed by atoms with Gasteiger partial charge in [0.25, 0.3) is 5.91 Å². The van der Waals surface area contributed by atoms with Crippen molar-refractivity contribution in [2.45, 2.75) is 24.8 Å². The fourth-order valence-electron chi connectivity index (χ4n) is 2.70. The first-order chi connectivity index (χ1) is 10.5. The van der Waals surface area contributed by atoms with E-state index in [1.54, 1.807) is 18.2 Å². The molecule has 0 saturated carbocycles. The van der Waals surface area contributed by atoms with Gasteiger partial charge in [0.15, 0.2) is 0 Å². The average molecular weight is 320 g/mol. The molecule has 0 radical (unpaired) electrons. The van der Waals surface area contributed by atoms with Crippen molar-refractivity contribution in [3.05, 3.63) is 29.3 Å². The lowest BCUT2D eigenvalue weighted by Gasteiger charge is -2.25. The van der Waals surface area contributed by atoms with E-state index in [0.717, 1.165) is 17.0 Å². The zero-order valence-corrected chi connectivity index (χ0v) is 12.7. The number of benzene rings is 1. The summed E-state index contributed by atoms with van der Waals surface area (Å²) < 4.78 is 0. The van der Waals surface area contributed by atoms with E-state index in [4.69, 9.17) is 0 Å². The van der Waals surface area contributed by atoms with Crippen molar-refractivity contribution < 1.29 is 19.5 Å². The Balaban J connectivity index is 1.81. The Morgan fingerprint density at radius 3 is 2.82 bits per heavy atom. The molecule has 116 valence electrons. The van der Waals surface area contributed by atoms with E-state index >= 15 is 0 Å². The van der Waals surface area contributed by atoms with Gasteiger partial charge >= 0.3 is 5.97 Å². The summed E-state index contributed by atoms with van der Waals surface area (Å²) in [5.74, 6) is -0.295. The number of rotatable bonds is 3. The van der Waals surface area contributed by atoms with E-state index in [9.17, 15) is 19.5 Å². The number of hydrogen-bond acceptors (Lipinski definition) is 4. The van der Waals surface area contributed by atoms with Crippen LogP contribution in [-0.2, 0) is 16.0 Å². The molecular formula is C15H16N2O4S. The van der Waals surface area contributed by atoms with E-state index in [0.29, 0.717) is 30.6 Å². The summed E-state index contributed by atoms with van der Waals surface area (Å²) in [6.45, 7) is 0. The number of carbonyl (C=O) groups excluding carboxylic acids is 2. The van der Waals surface area contributed by atoms with E-state index in [-0.39, 0.29) is 11.8 Å². The molecule has 2 heterocycles. The molecule has 0 aromatic heterocycles. The van der Waals surface area contributed by atoms with Crippen LogP contribution in [0.5, 0.6) is 0 Å². The van der Waals surface area contributed by atoms with Gasteiger partial charge in [0.05, 0.1) is 0 Å². The minimum atomic E-state index is -1.17. The van der Waals surface area contributed by atoms with Gasteiger partial charge in [-0.2, -0.15) is 11.8 Å². The standard InChI is InChI=1S/C15H16N2O4S/c18-12-4-2-9-7-10(1-3-11(9)16-12)13(19)17-15(14(20)21)5-6-22-8-15/h1,3,7H,2,4-6,8H2,(H,16,18)(H,17,19)(H,20,21). The summed E-state index contributed by atoms with van der Waals surface area (Å²) in [4.78, 5) is 35.2.